The number of aromatic amines is 1. The molecule has 0 fully saturated rings. The molecular weight excluding hydrogens is 376 g/mol. The number of carbonyl (C=O) groups is 2. The van der Waals surface area contributed by atoms with Gasteiger partial charge in [0.2, 0.25) is 5.16 Å². The first-order chi connectivity index (χ1) is 12.4. The third-order valence-electron chi connectivity index (χ3n) is 3.01. The van der Waals surface area contributed by atoms with E-state index < -0.39 is 5.97 Å². The van der Waals surface area contributed by atoms with Gasteiger partial charge in [0.25, 0.3) is 5.91 Å². The molecule has 26 heavy (non-hydrogen) atoms. The van der Waals surface area contributed by atoms with E-state index in [2.05, 4.69) is 33.7 Å². The molecule has 134 valence electrons. The van der Waals surface area contributed by atoms with Gasteiger partial charge < -0.3 is 10.4 Å². The highest BCUT2D eigenvalue weighted by molar-refractivity contribution is 7.99. The van der Waals surface area contributed by atoms with Crippen LogP contribution in [0.5, 0.6) is 0 Å². The van der Waals surface area contributed by atoms with Crippen molar-refractivity contribution in [3.05, 3.63) is 65.9 Å². The van der Waals surface area contributed by atoms with E-state index in [9.17, 15) is 9.59 Å². The highest BCUT2D eigenvalue weighted by Gasteiger charge is 2.12. The maximum Gasteiger partial charge on any atom is 0.313 e. The van der Waals surface area contributed by atoms with Gasteiger partial charge in [-0.05, 0) is 18.2 Å². The second-order valence-electron chi connectivity index (χ2n) is 4.90. The van der Waals surface area contributed by atoms with Gasteiger partial charge in [0, 0.05) is 11.1 Å². The van der Waals surface area contributed by atoms with E-state index in [1.54, 1.807) is 30.3 Å². The highest BCUT2D eigenvalue weighted by Crippen LogP contribution is 2.20. The largest absolute Gasteiger partial charge is 0.481 e. The number of hydrogen-bond donors (Lipinski definition) is 3. The Labute approximate surface area is 158 Å². The Hall–Kier alpha value is -2.84. The van der Waals surface area contributed by atoms with Gasteiger partial charge in [-0.3, -0.25) is 14.7 Å². The van der Waals surface area contributed by atoms with Crippen LogP contribution in [0.4, 0.5) is 0 Å². The van der Waals surface area contributed by atoms with Gasteiger partial charge in [-0.25, -0.2) is 4.98 Å². The molecule has 0 aliphatic rings. The van der Waals surface area contributed by atoms with Gasteiger partial charge in [-0.2, -0.15) is 0 Å². The van der Waals surface area contributed by atoms with Crippen molar-refractivity contribution >= 4 is 35.2 Å². The third kappa shape index (κ3) is 5.33. The van der Waals surface area contributed by atoms with Crippen LogP contribution in [0.1, 0.15) is 10.4 Å². The summed E-state index contributed by atoms with van der Waals surface area (Å²) in [4.78, 5) is 27.2. The summed E-state index contributed by atoms with van der Waals surface area (Å²) in [5.41, 5.74) is 1.36. The van der Waals surface area contributed by atoms with Crippen LogP contribution < -0.4 is 5.32 Å². The minimum Gasteiger partial charge on any atom is -0.481 e. The highest BCUT2D eigenvalue weighted by atomic mass is 35.5. The average Bonchev–Trinajstić information content (AvgIpc) is 3.08. The summed E-state index contributed by atoms with van der Waals surface area (Å²) >= 11 is 6.84. The number of hydrogen-bond acceptors (Lipinski definition) is 5. The molecule has 1 amide bonds. The van der Waals surface area contributed by atoms with Gasteiger partial charge in [0.1, 0.15) is 0 Å². The summed E-state index contributed by atoms with van der Waals surface area (Å²) in [6, 6.07) is 6.72. The number of carboxylic acid groups (broad SMARTS) is 1. The Morgan fingerprint density at radius 3 is 2.85 bits per heavy atom. The van der Waals surface area contributed by atoms with Crippen LogP contribution in [-0.4, -0.2) is 37.9 Å². The van der Waals surface area contributed by atoms with Gasteiger partial charge >= 0.3 is 5.97 Å². The van der Waals surface area contributed by atoms with E-state index in [4.69, 9.17) is 16.7 Å². The molecule has 9 heteroatoms. The molecule has 0 atom stereocenters. The summed E-state index contributed by atoms with van der Waals surface area (Å²) in [7, 11) is 0. The zero-order valence-electron chi connectivity index (χ0n) is 13.5. The molecular formula is C17H15ClN4O3S. The third-order valence-corrected chi connectivity index (χ3v) is 4.05. The predicted octanol–water partition coefficient (Wildman–Crippen LogP) is 3.20. The lowest BCUT2D eigenvalue weighted by Crippen LogP contribution is -2.22. The van der Waals surface area contributed by atoms with Gasteiger partial charge in [-0.15, -0.1) is 5.10 Å². The van der Waals surface area contributed by atoms with Crippen LogP contribution in [0.15, 0.2) is 65.5 Å². The van der Waals surface area contributed by atoms with Crippen molar-refractivity contribution in [2.24, 2.45) is 0 Å². The number of amides is 1. The lowest BCUT2D eigenvalue weighted by atomic mass is 10.1. The summed E-state index contributed by atoms with van der Waals surface area (Å²) in [6.07, 6.45) is 3.03. The molecule has 0 spiro atoms. The molecule has 0 saturated heterocycles. The van der Waals surface area contributed by atoms with Crippen LogP contribution >= 0.6 is 23.4 Å². The fourth-order valence-electron chi connectivity index (χ4n) is 1.89. The number of halogens is 1. The van der Waals surface area contributed by atoms with Crippen molar-refractivity contribution in [2.75, 3.05) is 5.75 Å². The van der Waals surface area contributed by atoms with Crippen LogP contribution in [0.25, 0.3) is 11.4 Å². The lowest BCUT2D eigenvalue weighted by Gasteiger charge is -2.08. The fourth-order valence-corrected chi connectivity index (χ4v) is 2.52. The number of nitrogens with one attached hydrogen (secondary N) is 2. The molecule has 0 aliphatic heterocycles. The normalized spacial score (nSPS) is 11.0. The van der Waals surface area contributed by atoms with E-state index >= 15 is 0 Å². The Morgan fingerprint density at radius 2 is 2.19 bits per heavy atom. The van der Waals surface area contributed by atoms with Crippen molar-refractivity contribution in [1.82, 2.24) is 20.5 Å². The number of aliphatic carboxylic acids is 1. The van der Waals surface area contributed by atoms with Gasteiger partial charge in [-0.1, -0.05) is 54.7 Å². The standard InChI is InChI=1S/C17H15ClN4O3S/c1-3-5-13(10(2)18)19-16(25)12-7-4-6-11(8-12)15-20-17(22-21-15)26-9-14(23)24/h3-8H,1-2,9H2,(H,19,25)(H,23,24)(H,20,21,22). The second kappa shape index (κ2) is 9.02. The Bertz CT molecular complexity index is 892. The van der Waals surface area contributed by atoms with Crippen LogP contribution in [0.3, 0.4) is 0 Å². The molecule has 3 N–H and O–H groups in total. The quantitative estimate of drug-likeness (QED) is 0.472. The Balaban J connectivity index is 2.18. The van der Waals surface area contributed by atoms with Gasteiger partial charge in [0.15, 0.2) is 5.82 Å². The SMILES string of the molecule is C=CC=C(NC(=O)c1cccc(-c2nc(SCC(=O)O)n[nH]2)c1)C(=C)Cl. The van der Waals surface area contributed by atoms with E-state index in [-0.39, 0.29) is 16.7 Å². The van der Waals surface area contributed by atoms with E-state index in [0.29, 0.717) is 27.8 Å². The minimum absolute atomic E-state index is 0.138. The Kier molecular flexibility index (Phi) is 6.76. The number of rotatable bonds is 8. The maximum absolute atomic E-state index is 12.4. The van der Waals surface area contributed by atoms with Crippen LogP contribution in [0, 0.1) is 0 Å². The van der Waals surface area contributed by atoms with Crippen molar-refractivity contribution in [3.8, 4) is 11.4 Å². The number of benzene rings is 1. The minimum atomic E-state index is -0.954. The van der Waals surface area contributed by atoms with Crippen molar-refractivity contribution in [3.63, 3.8) is 0 Å². The molecule has 2 rings (SSSR count). The zero-order chi connectivity index (χ0) is 19.1. The number of thioether (sulfide) groups is 1. The number of H-pyrrole nitrogens is 1. The van der Waals surface area contributed by atoms with E-state index in [1.807, 2.05) is 0 Å². The first-order valence-electron chi connectivity index (χ1n) is 7.27. The monoisotopic (exact) mass is 390 g/mol. The average molecular weight is 391 g/mol. The molecule has 2 aromatic rings. The topological polar surface area (TPSA) is 108 Å². The molecule has 1 aromatic heterocycles. The number of allylic oxidation sites excluding steroid dienone is 3. The van der Waals surface area contributed by atoms with Crippen molar-refractivity contribution in [1.29, 1.82) is 0 Å². The summed E-state index contributed by atoms with van der Waals surface area (Å²) < 4.78 is 0. The van der Waals surface area contributed by atoms with Crippen molar-refractivity contribution < 1.29 is 14.7 Å². The molecule has 0 bridgehead atoms. The number of nitrogens with zero attached hydrogens (tertiary/aromatic N) is 2. The predicted molar refractivity (Wildman–Crippen MR) is 101 cm³/mol. The smallest absolute Gasteiger partial charge is 0.313 e. The first kappa shape index (κ1) is 19.5. The summed E-state index contributed by atoms with van der Waals surface area (Å²) in [5.74, 6) is -1.04. The first-order valence-corrected chi connectivity index (χ1v) is 8.63. The molecule has 1 heterocycles. The van der Waals surface area contributed by atoms with E-state index in [1.165, 1.54) is 6.08 Å². The van der Waals surface area contributed by atoms with Crippen LogP contribution in [0.2, 0.25) is 0 Å². The number of aromatic nitrogens is 3. The molecule has 1 aromatic carbocycles. The van der Waals surface area contributed by atoms with E-state index in [0.717, 1.165) is 11.8 Å². The molecule has 0 radical (unpaired) electrons. The van der Waals surface area contributed by atoms with Crippen LogP contribution in [-0.2, 0) is 4.79 Å². The molecule has 0 saturated carbocycles. The molecule has 0 aliphatic carbocycles. The van der Waals surface area contributed by atoms with Gasteiger partial charge in [0.05, 0.1) is 16.5 Å². The zero-order valence-corrected chi connectivity index (χ0v) is 15.1. The summed E-state index contributed by atoms with van der Waals surface area (Å²) in [5, 5.41) is 18.5. The summed E-state index contributed by atoms with van der Waals surface area (Å²) in [6.45, 7) is 7.15. The maximum atomic E-state index is 12.4. The second-order valence-corrected chi connectivity index (χ2v) is 6.30. The number of carbonyl (C=O) groups excluding carboxylic acids is 1. The lowest BCUT2D eigenvalue weighted by molar-refractivity contribution is -0.133. The number of carboxylic acids is 1. The molecule has 0 unspecified atom stereocenters. The Morgan fingerprint density at radius 1 is 1.42 bits per heavy atom. The fraction of sp³-hybridized carbons (Fsp3) is 0.0588. The molecule has 7 nitrogen and oxygen atoms in total. The van der Waals surface area contributed by atoms with Crippen molar-refractivity contribution in [2.45, 2.75) is 5.16 Å².